The summed E-state index contributed by atoms with van der Waals surface area (Å²) in [6.07, 6.45) is 0.106. The van der Waals surface area contributed by atoms with Crippen LogP contribution >= 0.6 is 11.3 Å². The smallest absolute Gasteiger partial charge is 0.186 e. The Morgan fingerprint density at radius 2 is 2.32 bits per heavy atom. The van der Waals surface area contributed by atoms with Crippen LogP contribution in [0.5, 0.6) is 5.75 Å². The van der Waals surface area contributed by atoms with Crippen LogP contribution in [0.25, 0.3) is 0 Å². The predicted molar refractivity (Wildman–Crippen MR) is 71.0 cm³/mol. The Hall–Kier alpha value is -1.79. The Morgan fingerprint density at radius 1 is 1.53 bits per heavy atom. The van der Waals surface area contributed by atoms with Crippen molar-refractivity contribution in [3.63, 3.8) is 0 Å². The number of nitrogens with two attached hydrogens (primary N) is 1. The molecule has 0 saturated heterocycles. The van der Waals surface area contributed by atoms with Crippen molar-refractivity contribution in [1.82, 2.24) is 4.98 Å². The molecule has 2 N–H and O–H groups in total. The van der Waals surface area contributed by atoms with E-state index < -0.39 is 5.82 Å². The summed E-state index contributed by atoms with van der Waals surface area (Å²) in [5, 5.41) is 2.38. The minimum absolute atomic E-state index is 0.106. The van der Waals surface area contributed by atoms with E-state index in [0.717, 1.165) is 0 Å². The number of halogens is 1. The summed E-state index contributed by atoms with van der Waals surface area (Å²) in [6.45, 7) is 0.315. The van der Waals surface area contributed by atoms with Crippen molar-refractivity contribution in [1.29, 1.82) is 0 Å². The maximum atomic E-state index is 13.5. The largest absolute Gasteiger partial charge is 0.494 e. The van der Waals surface area contributed by atoms with Gasteiger partial charge in [-0.2, -0.15) is 0 Å². The standard InChI is InChI=1S/C13H13FN2O2S/c1-18-12-3-2-8(4-9(12)14)5-11(17)10-7-19-13(6-15)16-10/h2-4,7H,5-6,15H2,1H3. The number of rotatable bonds is 5. The molecule has 0 aliphatic heterocycles. The number of thiazole rings is 1. The molecule has 0 radical (unpaired) electrons. The maximum Gasteiger partial charge on any atom is 0.186 e. The molecule has 1 aromatic heterocycles. The first-order chi connectivity index (χ1) is 9.13. The van der Waals surface area contributed by atoms with E-state index in [1.165, 1.54) is 30.6 Å². The summed E-state index contributed by atoms with van der Waals surface area (Å²) in [5.41, 5.74) is 6.41. The first-order valence-corrected chi connectivity index (χ1v) is 6.52. The Bertz CT molecular complexity index is 598. The number of aromatic nitrogens is 1. The fourth-order valence-electron chi connectivity index (χ4n) is 1.63. The van der Waals surface area contributed by atoms with Crippen molar-refractivity contribution >= 4 is 17.1 Å². The zero-order chi connectivity index (χ0) is 13.8. The average Bonchev–Trinajstić information content (AvgIpc) is 2.88. The molecule has 4 nitrogen and oxygen atoms in total. The van der Waals surface area contributed by atoms with Gasteiger partial charge in [-0.05, 0) is 17.7 Å². The van der Waals surface area contributed by atoms with Crippen molar-refractivity contribution in [2.75, 3.05) is 7.11 Å². The molecule has 100 valence electrons. The second-order valence-electron chi connectivity index (χ2n) is 3.90. The number of ketones is 1. The number of hydrogen-bond acceptors (Lipinski definition) is 5. The molecule has 19 heavy (non-hydrogen) atoms. The summed E-state index contributed by atoms with van der Waals surface area (Å²) in [4.78, 5) is 16.1. The highest BCUT2D eigenvalue weighted by Gasteiger charge is 2.12. The molecule has 0 atom stereocenters. The maximum absolute atomic E-state index is 13.5. The highest BCUT2D eigenvalue weighted by atomic mass is 32.1. The lowest BCUT2D eigenvalue weighted by molar-refractivity contribution is 0.0988. The van der Waals surface area contributed by atoms with Gasteiger partial charge in [0.05, 0.1) is 7.11 Å². The third-order valence-electron chi connectivity index (χ3n) is 2.59. The molecule has 2 rings (SSSR count). The van der Waals surface area contributed by atoms with E-state index >= 15 is 0 Å². The van der Waals surface area contributed by atoms with Gasteiger partial charge in [-0.1, -0.05) is 6.07 Å². The Morgan fingerprint density at radius 3 is 2.89 bits per heavy atom. The normalized spacial score (nSPS) is 10.5. The molecule has 2 aromatic rings. The van der Waals surface area contributed by atoms with Gasteiger partial charge in [0.15, 0.2) is 17.3 Å². The van der Waals surface area contributed by atoms with Crippen LogP contribution in [0.3, 0.4) is 0 Å². The quantitative estimate of drug-likeness (QED) is 0.852. The van der Waals surface area contributed by atoms with E-state index in [1.807, 2.05) is 0 Å². The van der Waals surface area contributed by atoms with Gasteiger partial charge in [-0.3, -0.25) is 4.79 Å². The molecule has 0 unspecified atom stereocenters. The van der Waals surface area contributed by atoms with E-state index in [9.17, 15) is 9.18 Å². The minimum atomic E-state index is -0.478. The molecule has 1 heterocycles. The van der Waals surface area contributed by atoms with Crippen LogP contribution in [0.4, 0.5) is 4.39 Å². The molecule has 0 aliphatic carbocycles. The summed E-state index contributed by atoms with van der Waals surface area (Å²) >= 11 is 1.35. The van der Waals surface area contributed by atoms with E-state index in [2.05, 4.69) is 4.98 Å². The molecule has 6 heteroatoms. The van der Waals surface area contributed by atoms with Crippen LogP contribution in [0.1, 0.15) is 21.1 Å². The average molecular weight is 280 g/mol. The first-order valence-electron chi connectivity index (χ1n) is 5.64. The van der Waals surface area contributed by atoms with Crippen LogP contribution < -0.4 is 10.5 Å². The molecule has 0 amide bonds. The summed E-state index contributed by atoms with van der Waals surface area (Å²) in [6, 6.07) is 4.47. The highest BCUT2D eigenvalue weighted by molar-refractivity contribution is 7.09. The molecule has 0 spiro atoms. The third kappa shape index (κ3) is 3.15. The van der Waals surface area contributed by atoms with Gasteiger partial charge >= 0.3 is 0 Å². The SMILES string of the molecule is COc1ccc(CC(=O)c2csc(CN)n2)cc1F. The number of hydrogen-bond donors (Lipinski definition) is 1. The van der Waals surface area contributed by atoms with Crippen molar-refractivity contribution in [2.24, 2.45) is 5.73 Å². The molecule has 0 saturated carbocycles. The predicted octanol–water partition coefficient (Wildman–Crippen LogP) is 2.17. The number of benzene rings is 1. The van der Waals surface area contributed by atoms with Crippen LogP contribution in [0.2, 0.25) is 0 Å². The van der Waals surface area contributed by atoms with E-state index in [4.69, 9.17) is 10.5 Å². The summed E-state index contributed by atoms with van der Waals surface area (Å²) < 4.78 is 18.3. The number of carbonyl (C=O) groups is 1. The molecule has 0 fully saturated rings. The Balaban J connectivity index is 2.12. The number of carbonyl (C=O) groups excluding carboxylic acids is 1. The van der Waals surface area contributed by atoms with Crippen LogP contribution in [0.15, 0.2) is 23.6 Å². The van der Waals surface area contributed by atoms with Gasteiger partial charge in [-0.25, -0.2) is 9.37 Å². The van der Waals surface area contributed by atoms with E-state index in [-0.39, 0.29) is 18.0 Å². The molecule has 0 bridgehead atoms. The topological polar surface area (TPSA) is 65.2 Å². The van der Waals surface area contributed by atoms with Gasteiger partial charge < -0.3 is 10.5 Å². The van der Waals surface area contributed by atoms with Crippen LogP contribution in [0, 0.1) is 5.82 Å². The molecular formula is C13H13FN2O2S. The lowest BCUT2D eigenvalue weighted by Gasteiger charge is -2.04. The van der Waals surface area contributed by atoms with Crippen molar-refractivity contribution in [3.8, 4) is 5.75 Å². The zero-order valence-electron chi connectivity index (χ0n) is 10.4. The summed E-state index contributed by atoms with van der Waals surface area (Å²) in [7, 11) is 1.40. The van der Waals surface area contributed by atoms with Crippen molar-refractivity contribution < 1.29 is 13.9 Å². The highest BCUT2D eigenvalue weighted by Crippen LogP contribution is 2.19. The van der Waals surface area contributed by atoms with Gasteiger partial charge in [-0.15, -0.1) is 11.3 Å². The Labute approximate surface area is 114 Å². The van der Waals surface area contributed by atoms with Gasteiger partial charge in [0.1, 0.15) is 10.7 Å². The number of methoxy groups -OCH3 is 1. The Kier molecular flexibility index (Phi) is 4.24. The van der Waals surface area contributed by atoms with Crippen LogP contribution in [-0.2, 0) is 13.0 Å². The van der Waals surface area contributed by atoms with Crippen LogP contribution in [-0.4, -0.2) is 17.9 Å². The number of Topliss-reactive ketones (excluding diaryl/α,β-unsaturated/α-hetero) is 1. The second kappa shape index (κ2) is 5.90. The minimum Gasteiger partial charge on any atom is -0.494 e. The van der Waals surface area contributed by atoms with Gasteiger partial charge in [0.25, 0.3) is 0 Å². The number of ether oxygens (including phenoxy) is 1. The number of nitrogens with zero attached hydrogens (tertiary/aromatic N) is 1. The zero-order valence-corrected chi connectivity index (χ0v) is 11.2. The van der Waals surface area contributed by atoms with Gasteiger partial charge in [0, 0.05) is 18.3 Å². The monoisotopic (exact) mass is 280 g/mol. The molecule has 0 aliphatic rings. The first kappa shape index (κ1) is 13.6. The van der Waals surface area contributed by atoms with E-state index in [0.29, 0.717) is 22.8 Å². The molecule has 1 aromatic carbocycles. The van der Waals surface area contributed by atoms with E-state index in [1.54, 1.807) is 11.4 Å². The fraction of sp³-hybridized carbons (Fsp3) is 0.231. The molecular weight excluding hydrogens is 267 g/mol. The van der Waals surface area contributed by atoms with Gasteiger partial charge in [0.2, 0.25) is 0 Å². The summed E-state index contributed by atoms with van der Waals surface area (Å²) in [5.74, 6) is -0.468. The van der Waals surface area contributed by atoms with Crippen molar-refractivity contribution in [3.05, 3.63) is 45.7 Å². The van der Waals surface area contributed by atoms with Crippen molar-refractivity contribution in [2.45, 2.75) is 13.0 Å². The lowest BCUT2D eigenvalue weighted by Crippen LogP contribution is -2.05. The fourth-order valence-corrected chi connectivity index (χ4v) is 2.31. The third-order valence-corrected chi connectivity index (χ3v) is 3.46. The second-order valence-corrected chi connectivity index (χ2v) is 4.84. The lowest BCUT2D eigenvalue weighted by atomic mass is 10.1.